The van der Waals surface area contributed by atoms with E-state index in [-0.39, 0.29) is 11.5 Å². The highest BCUT2D eigenvalue weighted by Crippen LogP contribution is 2.42. The Balaban J connectivity index is 1.44. The first kappa shape index (κ1) is 22.7. The Kier molecular flexibility index (Phi) is 6.17. The summed E-state index contributed by atoms with van der Waals surface area (Å²) in [5.74, 6) is 0.753. The average Bonchev–Trinajstić information content (AvgIpc) is 3.27. The maximum atomic E-state index is 12.6. The zero-order valence-electron chi connectivity index (χ0n) is 18.6. The molecule has 0 N–H and O–H groups in total. The number of aryl methyl sites for hydroxylation is 1. The predicted octanol–water partition coefficient (Wildman–Crippen LogP) is 6.69. The molecule has 0 saturated heterocycles. The number of hydrogen-bond acceptors (Lipinski definition) is 4. The highest BCUT2D eigenvalue weighted by Gasteiger charge is 2.29. The molecule has 0 fully saturated rings. The fourth-order valence-corrected chi connectivity index (χ4v) is 5.17. The van der Waals surface area contributed by atoms with Crippen LogP contribution in [0.3, 0.4) is 0 Å². The number of benzene rings is 4. The summed E-state index contributed by atoms with van der Waals surface area (Å²) in [4.78, 5) is 0.141. The number of ether oxygens (including phenoxy) is 1. The molecular formula is C28H23ClO4S. The van der Waals surface area contributed by atoms with E-state index in [4.69, 9.17) is 20.5 Å². The van der Waals surface area contributed by atoms with Gasteiger partial charge in [0, 0.05) is 17.0 Å². The van der Waals surface area contributed by atoms with Crippen molar-refractivity contribution in [2.75, 3.05) is 6.61 Å². The number of halogens is 1. The van der Waals surface area contributed by atoms with E-state index in [1.807, 2.05) is 49.4 Å². The molecule has 1 heterocycles. The van der Waals surface area contributed by atoms with Crippen LogP contribution in [0.25, 0.3) is 22.3 Å². The molecule has 172 valence electrons. The monoisotopic (exact) mass is 490 g/mol. The van der Waals surface area contributed by atoms with E-state index in [0.717, 1.165) is 39.1 Å². The lowest BCUT2D eigenvalue weighted by Gasteiger charge is -2.14. The Hall–Kier alpha value is -3.12. The summed E-state index contributed by atoms with van der Waals surface area (Å²) in [5, 5.41) is 0.660. The standard InChI is InChI=1S/C28H23ClO4S/c1-19-7-13-26(14-8-19)34(30,31)32-18-25-16-23-15-22(20-5-3-2-4-6-20)17-27(28(23)33-25)21-9-11-24(29)12-10-21/h2-15,17,25H,16,18H2,1H3. The van der Waals surface area contributed by atoms with Gasteiger partial charge in [0.05, 0.1) is 4.90 Å². The van der Waals surface area contributed by atoms with Gasteiger partial charge in [-0.25, -0.2) is 0 Å². The molecule has 0 bridgehead atoms. The Morgan fingerprint density at radius 1 is 0.882 bits per heavy atom. The van der Waals surface area contributed by atoms with E-state index in [1.54, 1.807) is 24.3 Å². The van der Waals surface area contributed by atoms with Crippen molar-refractivity contribution in [3.05, 3.63) is 107 Å². The van der Waals surface area contributed by atoms with Crippen molar-refractivity contribution in [2.24, 2.45) is 0 Å². The fourth-order valence-electron chi connectivity index (χ4n) is 4.11. The van der Waals surface area contributed by atoms with Gasteiger partial charge in [0.2, 0.25) is 0 Å². The molecule has 0 saturated carbocycles. The zero-order chi connectivity index (χ0) is 23.7. The zero-order valence-corrected chi connectivity index (χ0v) is 20.1. The second kappa shape index (κ2) is 9.26. The summed E-state index contributed by atoms with van der Waals surface area (Å²) in [6, 6.07) is 28.6. The second-order valence-corrected chi connectivity index (χ2v) is 10.4. The minimum absolute atomic E-state index is 0.0639. The van der Waals surface area contributed by atoms with Gasteiger partial charge in [-0.05, 0) is 65.6 Å². The quantitative estimate of drug-likeness (QED) is 0.282. The number of fused-ring (bicyclic) bond motifs is 1. The van der Waals surface area contributed by atoms with Crippen molar-refractivity contribution in [3.8, 4) is 28.0 Å². The van der Waals surface area contributed by atoms with Crippen LogP contribution < -0.4 is 4.74 Å². The Labute approximate surface area is 204 Å². The normalized spacial score (nSPS) is 15.1. The molecule has 1 unspecified atom stereocenters. The van der Waals surface area contributed by atoms with E-state index >= 15 is 0 Å². The van der Waals surface area contributed by atoms with Gasteiger partial charge in [-0.15, -0.1) is 0 Å². The molecule has 34 heavy (non-hydrogen) atoms. The van der Waals surface area contributed by atoms with Crippen molar-refractivity contribution >= 4 is 21.7 Å². The number of hydrogen-bond donors (Lipinski definition) is 0. The minimum Gasteiger partial charge on any atom is -0.487 e. The molecule has 1 aliphatic heterocycles. The largest absolute Gasteiger partial charge is 0.487 e. The third-order valence-corrected chi connectivity index (χ3v) is 7.43. The Morgan fingerprint density at radius 3 is 2.29 bits per heavy atom. The lowest BCUT2D eigenvalue weighted by Crippen LogP contribution is -2.23. The first-order valence-corrected chi connectivity index (χ1v) is 12.8. The first-order valence-electron chi connectivity index (χ1n) is 11.0. The van der Waals surface area contributed by atoms with Gasteiger partial charge in [-0.1, -0.05) is 71.8 Å². The summed E-state index contributed by atoms with van der Waals surface area (Å²) < 4.78 is 36.9. The summed E-state index contributed by atoms with van der Waals surface area (Å²) in [5.41, 5.74) is 6.10. The van der Waals surface area contributed by atoms with Crippen molar-refractivity contribution in [2.45, 2.75) is 24.3 Å². The predicted molar refractivity (Wildman–Crippen MR) is 135 cm³/mol. The smallest absolute Gasteiger partial charge is 0.297 e. The lowest BCUT2D eigenvalue weighted by atomic mass is 9.94. The molecule has 1 atom stereocenters. The van der Waals surface area contributed by atoms with Crippen LogP contribution >= 0.6 is 11.6 Å². The summed E-state index contributed by atoms with van der Waals surface area (Å²) >= 11 is 6.11. The van der Waals surface area contributed by atoms with E-state index < -0.39 is 16.2 Å². The van der Waals surface area contributed by atoms with Crippen LogP contribution in [-0.2, 0) is 20.7 Å². The number of rotatable bonds is 6. The van der Waals surface area contributed by atoms with Crippen molar-refractivity contribution in [3.63, 3.8) is 0 Å². The van der Waals surface area contributed by atoms with Gasteiger partial charge in [0.25, 0.3) is 10.1 Å². The molecule has 6 heteroatoms. The SMILES string of the molecule is Cc1ccc(S(=O)(=O)OCC2Cc3cc(-c4ccccc4)cc(-c4ccc(Cl)cc4)c3O2)cc1. The summed E-state index contributed by atoms with van der Waals surface area (Å²) in [6.07, 6.45) is 0.146. The van der Waals surface area contributed by atoms with Crippen LogP contribution in [0.1, 0.15) is 11.1 Å². The summed E-state index contributed by atoms with van der Waals surface area (Å²) in [7, 11) is -3.86. The minimum atomic E-state index is -3.86. The van der Waals surface area contributed by atoms with Gasteiger partial charge in [0.15, 0.2) is 0 Å². The highest BCUT2D eigenvalue weighted by molar-refractivity contribution is 7.86. The molecule has 5 rings (SSSR count). The molecule has 0 amide bonds. The molecule has 0 spiro atoms. The first-order chi connectivity index (χ1) is 16.4. The molecule has 1 aliphatic rings. The van der Waals surface area contributed by atoms with Crippen LogP contribution in [0.15, 0.2) is 95.9 Å². The molecule has 4 aromatic carbocycles. The lowest BCUT2D eigenvalue weighted by molar-refractivity contribution is 0.152. The maximum Gasteiger partial charge on any atom is 0.297 e. The molecule has 0 aliphatic carbocycles. The Bertz CT molecular complexity index is 1410. The van der Waals surface area contributed by atoms with Crippen LogP contribution in [0, 0.1) is 6.92 Å². The third-order valence-electron chi connectivity index (χ3n) is 5.88. The van der Waals surface area contributed by atoms with Crippen LogP contribution in [0.2, 0.25) is 5.02 Å². The second-order valence-electron chi connectivity index (χ2n) is 8.38. The van der Waals surface area contributed by atoms with E-state index in [1.165, 1.54) is 0 Å². The van der Waals surface area contributed by atoms with Gasteiger partial charge < -0.3 is 4.74 Å². The van der Waals surface area contributed by atoms with Crippen LogP contribution in [0.5, 0.6) is 5.75 Å². The molecular weight excluding hydrogens is 468 g/mol. The van der Waals surface area contributed by atoms with E-state index in [9.17, 15) is 8.42 Å². The topological polar surface area (TPSA) is 52.6 Å². The summed E-state index contributed by atoms with van der Waals surface area (Å²) in [6.45, 7) is 1.84. The van der Waals surface area contributed by atoms with Gasteiger partial charge in [-0.2, -0.15) is 8.42 Å². The average molecular weight is 491 g/mol. The van der Waals surface area contributed by atoms with Gasteiger partial charge >= 0.3 is 0 Å². The fraction of sp³-hybridized carbons (Fsp3) is 0.143. The van der Waals surface area contributed by atoms with E-state index in [2.05, 4.69) is 24.3 Å². The molecule has 4 nitrogen and oxygen atoms in total. The molecule has 0 aromatic heterocycles. The van der Waals surface area contributed by atoms with Gasteiger partial charge in [-0.3, -0.25) is 4.18 Å². The van der Waals surface area contributed by atoms with Crippen molar-refractivity contribution in [1.29, 1.82) is 0 Å². The highest BCUT2D eigenvalue weighted by atomic mass is 35.5. The van der Waals surface area contributed by atoms with Crippen LogP contribution in [-0.4, -0.2) is 21.1 Å². The van der Waals surface area contributed by atoms with Crippen molar-refractivity contribution < 1.29 is 17.3 Å². The Morgan fingerprint density at radius 2 is 1.59 bits per heavy atom. The molecule has 0 radical (unpaired) electrons. The maximum absolute atomic E-state index is 12.6. The van der Waals surface area contributed by atoms with Gasteiger partial charge in [0.1, 0.15) is 18.5 Å². The molecule has 4 aromatic rings. The van der Waals surface area contributed by atoms with Crippen molar-refractivity contribution in [1.82, 2.24) is 0 Å². The van der Waals surface area contributed by atoms with E-state index in [0.29, 0.717) is 11.4 Å². The third kappa shape index (κ3) is 4.73. The van der Waals surface area contributed by atoms with Crippen LogP contribution in [0.4, 0.5) is 0 Å².